The molecule has 1 heterocycles. The van der Waals surface area contributed by atoms with Crippen molar-refractivity contribution in [3.63, 3.8) is 0 Å². The molecule has 170 valence electrons. The third kappa shape index (κ3) is 7.94. The average molecular weight is 448 g/mol. The summed E-state index contributed by atoms with van der Waals surface area (Å²) >= 11 is 0. The molecule has 2 rings (SSSR count). The lowest BCUT2D eigenvalue weighted by Crippen LogP contribution is -2.48. The van der Waals surface area contributed by atoms with Gasteiger partial charge in [0.1, 0.15) is 5.75 Å². The second-order valence-corrected chi connectivity index (χ2v) is 9.62. The van der Waals surface area contributed by atoms with Crippen LogP contribution in [0.15, 0.2) is 29.3 Å². The molecule has 1 aromatic carbocycles. The van der Waals surface area contributed by atoms with Crippen LogP contribution in [0, 0.1) is 0 Å². The lowest BCUT2D eigenvalue weighted by molar-refractivity contribution is -0.0495. The van der Waals surface area contributed by atoms with Crippen molar-refractivity contribution in [1.82, 2.24) is 15.4 Å². The molecule has 0 aromatic heterocycles. The molecule has 1 aliphatic heterocycles. The number of nitrogens with one attached hydrogen (secondary N) is 3. The molecular weight excluding hydrogens is 416 g/mol. The highest BCUT2D eigenvalue weighted by atomic mass is 32.2. The molecule has 0 amide bonds. The molecule has 1 atom stereocenters. The van der Waals surface area contributed by atoms with Gasteiger partial charge in [0.2, 0.25) is 10.0 Å². The molecular formula is C19H31F2N5O3S. The molecule has 0 radical (unpaired) electrons. The van der Waals surface area contributed by atoms with Gasteiger partial charge < -0.3 is 20.3 Å². The molecule has 0 saturated carbocycles. The van der Waals surface area contributed by atoms with E-state index in [1.54, 1.807) is 32.0 Å². The Morgan fingerprint density at radius 1 is 1.37 bits per heavy atom. The Morgan fingerprint density at radius 2 is 2.07 bits per heavy atom. The minimum absolute atomic E-state index is 0.0494. The summed E-state index contributed by atoms with van der Waals surface area (Å²) in [5.74, 6) is 0.729. The summed E-state index contributed by atoms with van der Waals surface area (Å²) in [7, 11) is -3.35. The van der Waals surface area contributed by atoms with Crippen molar-refractivity contribution in [3.8, 4) is 5.75 Å². The topological polar surface area (TPSA) is 95.1 Å². The zero-order chi connectivity index (χ0) is 22.4. The van der Waals surface area contributed by atoms with Crippen LogP contribution in [-0.2, 0) is 10.0 Å². The number of anilines is 1. The smallest absolute Gasteiger partial charge is 0.387 e. The first-order valence-electron chi connectivity index (χ1n) is 9.81. The van der Waals surface area contributed by atoms with Gasteiger partial charge in [-0.05, 0) is 39.3 Å². The Balaban J connectivity index is 2.03. The number of sulfonamides is 1. The lowest BCUT2D eigenvalue weighted by Gasteiger charge is -2.25. The Kier molecular flexibility index (Phi) is 8.25. The largest absolute Gasteiger partial charge is 0.433 e. The lowest BCUT2D eigenvalue weighted by atomic mass is 10.1. The van der Waals surface area contributed by atoms with Crippen LogP contribution >= 0.6 is 0 Å². The SMILES string of the molecule is CCNC(=NCC(C)(C)NS(C)(=O)=O)NC1CCN(c2ccccc2OC(F)F)C1. The Hall–Kier alpha value is -2.14. The van der Waals surface area contributed by atoms with Crippen LogP contribution in [-0.4, -0.2) is 65.0 Å². The Bertz CT molecular complexity index is 833. The van der Waals surface area contributed by atoms with E-state index in [1.807, 2.05) is 11.8 Å². The van der Waals surface area contributed by atoms with Crippen molar-refractivity contribution in [2.45, 2.75) is 45.4 Å². The summed E-state index contributed by atoms with van der Waals surface area (Å²) in [6, 6.07) is 6.79. The molecule has 1 aromatic rings. The van der Waals surface area contributed by atoms with Gasteiger partial charge in [0.25, 0.3) is 0 Å². The second kappa shape index (κ2) is 10.3. The molecule has 3 N–H and O–H groups in total. The van der Waals surface area contributed by atoms with Crippen LogP contribution in [0.4, 0.5) is 14.5 Å². The van der Waals surface area contributed by atoms with Crippen molar-refractivity contribution in [1.29, 1.82) is 0 Å². The maximum absolute atomic E-state index is 12.7. The van der Waals surface area contributed by atoms with Gasteiger partial charge in [-0.15, -0.1) is 0 Å². The van der Waals surface area contributed by atoms with E-state index in [0.717, 1.165) is 12.7 Å². The third-order valence-electron chi connectivity index (χ3n) is 4.39. The van der Waals surface area contributed by atoms with E-state index in [1.165, 1.54) is 6.07 Å². The van der Waals surface area contributed by atoms with Gasteiger partial charge in [-0.25, -0.2) is 13.1 Å². The van der Waals surface area contributed by atoms with Crippen LogP contribution in [0.25, 0.3) is 0 Å². The fraction of sp³-hybridized carbons (Fsp3) is 0.632. The number of aliphatic imine (C=N–C) groups is 1. The van der Waals surface area contributed by atoms with Gasteiger partial charge in [-0.2, -0.15) is 8.78 Å². The molecule has 30 heavy (non-hydrogen) atoms. The van der Waals surface area contributed by atoms with Gasteiger partial charge in [-0.1, -0.05) is 12.1 Å². The highest BCUT2D eigenvalue weighted by molar-refractivity contribution is 7.88. The molecule has 1 aliphatic rings. The van der Waals surface area contributed by atoms with Crippen LogP contribution in [0.1, 0.15) is 27.2 Å². The monoisotopic (exact) mass is 447 g/mol. The summed E-state index contributed by atoms with van der Waals surface area (Å²) in [6.45, 7) is 4.76. The molecule has 1 saturated heterocycles. The number of para-hydroxylation sites is 2. The van der Waals surface area contributed by atoms with E-state index < -0.39 is 22.2 Å². The number of rotatable bonds is 9. The minimum Gasteiger partial charge on any atom is -0.433 e. The maximum atomic E-state index is 12.7. The fourth-order valence-electron chi connectivity index (χ4n) is 3.34. The predicted molar refractivity (Wildman–Crippen MR) is 115 cm³/mol. The molecule has 11 heteroatoms. The molecule has 0 bridgehead atoms. The number of ether oxygens (including phenoxy) is 1. The van der Waals surface area contributed by atoms with Crippen LogP contribution in [0.2, 0.25) is 0 Å². The zero-order valence-electron chi connectivity index (χ0n) is 17.8. The average Bonchev–Trinajstić information content (AvgIpc) is 3.06. The molecule has 1 unspecified atom stereocenters. The number of hydrogen-bond acceptors (Lipinski definition) is 5. The van der Waals surface area contributed by atoms with Gasteiger partial charge in [0.15, 0.2) is 5.96 Å². The van der Waals surface area contributed by atoms with E-state index >= 15 is 0 Å². The first kappa shape index (κ1) is 24.1. The number of guanidine groups is 1. The summed E-state index contributed by atoms with van der Waals surface area (Å²) < 4.78 is 55.6. The van der Waals surface area contributed by atoms with Crippen molar-refractivity contribution in [2.75, 3.05) is 37.3 Å². The number of alkyl halides is 2. The zero-order valence-corrected chi connectivity index (χ0v) is 18.6. The van der Waals surface area contributed by atoms with E-state index in [4.69, 9.17) is 0 Å². The number of hydrogen-bond donors (Lipinski definition) is 3. The van der Waals surface area contributed by atoms with E-state index in [9.17, 15) is 17.2 Å². The summed E-state index contributed by atoms with van der Waals surface area (Å²) in [5, 5.41) is 6.50. The van der Waals surface area contributed by atoms with Gasteiger partial charge >= 0.3 is 6.61 Å². The minimum atomic E-state index is -3.35. The van der Waals surface area contributed by atoms with Crippen molar-refractivity contribution < 1.29 is 21.9 Å². The first-order chi connectivity index (χ1) is 14.0. The molecule has 8 nitrogen and oxygen atoms in total. The fourth-order valence-corrected chi connectivity index (χ4v) is 4.40. The summed E-state index contributed by atoms with van der Waals surface area (Å²) in [4.78, 5) is 6.51. The van der Waals surface area contributed by atoms with Crippen LogP contribution < -0.4 is 25.0 Å². The van der Waals surface area contributed by atoms with E-state index in [0.29, 0.717) is 31.3 Å². The Morgan fingerprint density at radius 3 is 2.70 bits per heavy atom. The van der Waals surface area contributed by atoms with Gasteiger partial charge in [0.05, 0.1) is 18.5 Å². The maximum Gasteiger partial charge on any atom is 0.387 e. The van der Waals surface area contributed by atoms with Crippen molar-refractivity contribution in [3.05, 3.63) is 24.3 Å². The van der Waals surface area contributed by atoms with E-state index in [-0.39, 0.29) is 18.3 Å². The quantitative estimate of drug-likeness (QED) is 0.394. The van der Waals surface area contributed by atoms with Crippen molar-refractivity contribution in [2.24, 2.45) is 4.99 Å². The van der Waals surface area contributed by atoms with Gasteiger partial charge in [0, 0.05) is 31.2 Å². The standard InChI is InChI=1S/C19H31F2N5O3S/c1-5-22-18(23-13-19(2,3)25-30(4,27)28)24-14-10-11-26(12-14)15-8-6-7-9-16(15)29-17(20)21/h6-9,14,17,25H,5,10-13H2,1-4H3,(H2,22,23,24). The van der Waals surface area contributed by atoms with Crippen molar-refractivity contribution >= 4 is 21.7 Å². The van der Waals surface area contributed by atoms with Gasteiger partial charge in [-0.3, -0.25) is 4.99 Å². The molecule has 0 aliphatic carbocycles. The van der Waals surface area contributed by atoms with Crippen LogP contribution in [0.3, 0.4) is 0 Å². The van der Waals surface area contributed by atoms with Crippen LogP contribution in [0.5, 0.6) is 5.75 Å². The molecule has 1 fully saturated rings. The predicted octanol–water partition coefficient (Wildman–Crippen LogP) is 1.75. The number of nitrogens with zero attached hydrogens (tertiary/aromatic N) is 2. The number of halogens is 2. The number of benzene rings is 1. The normalized spacial score (nSPS) is 18.0. The van der Waals surface area contributed by atoms with E-state index in [2.05, 4.69) is 25.1 Å². The summed E-state index contributed by atoms with van der Waals surface area (Å²) in [6.07, 6.45) is 1.91. The third-order valence-corrected chi connectivity index (χ3v) is 5.31. The summed E-state index contributed by atoms with van der Waals surface area (Å²) in [5.41, 5.74) is -0.106. The Labute approximate surface area is 177 Å². The first-order valence-corrected chi connectivity index (χ1v) is 11.7. The second-order valence-electron chi connectivity index (χ2n) is 7.88. The highest BCUT2D eigenvalue weighted by Gasteiger charge is 2.27. The molecule has 0 spiro atoms. The highest BCUT2D eigenvalue weighted by Crippen LogP contribution is 2.31.